The summed E-state index contributed by atoms with van der Waals surface area (Å²) in [5.41, 5.74) is 0.0908. The van der Waals surface area contributed by atoms with Gasteiger partial charge in [0.1, 0.15) is 5.82 Å². The standard InChI is InChI=1S/C18H19FO3/c1-3-22-17(20)12-18(2,21)14-9-10-15(16(19)11-14)13-7-5-4-6-8-13/h4-11,21H,3,12H2,1-2H3. The third-order valence-electron chi connectivity index (χ3n) is 3.47. The van der Waals surface area contributed by atoms with Crippen molar-refractivity contribution in [1.82, 2.24) is 0 Å². The van der Waals surface area contributed by atoms with Crippen molar-refractivity contribution in [1.29, 1.82) is 0 Å². The number of halogens is 1. The van der Waals surface area contributed by atoms with Crippen LogP contribution in [-0.2, 0) is 15.1 Å². The fourth-order valence-electron chi connectivity index (χ4n) is 2.30. The maximum Gasteiger partial charge on any atom is 0.309 e. The molecule has 0 fully saturated rings. The van der Waals surface area contributed by atoms with Crippen LogP contribution in [0.15, 0.2) is 48.5 Å². The first-order chi connectivity index (χ1) is 10.4. The molecule has 4 heteroatoms. The number of carbonyl (C=O) groups is 1. The zero-order valence-electron chi connectivity index (χ0n) is 12.7. The van der Waals surface area contributed by atoms with Crippen LogP contribution in [0.1, 0.15) is 25.8 Å². The molecule has 0 saturated heterocycles. The molecule has 0 aliphatic carbocycles. The van der Waals surface area contributed by atoms with Gasteiger partial charge in [-0.15, -0.1) is 0 Å². The molecule has 2 aromatic rings. The molecule has 0 amide bonds. The van der Waals surface area contributed by atoms with E-state index >= 15 is 0 Å². The minimum atomic E-state index is -1.47. The van der Waals surface area contributed by atoms with Crippen molar-refractivity contribution in [2.24, 2.45) is 0 Å². The van der Waals surface area contributed by atoms with Crippen molar-refractivity contribution >= 4 is 5.97 Å². The van der Waals surface area contributed by atoms with Gasteiger partial charge in [0.2, 0.25) is 0 Å². The van der Waals surface area contributed by atoms with Gasteiger partial charge in [0, 0.05) is 5.56 Å². The van der Waals surface area contributed by atoms with Crippen molar-refractivity contribution < 1.29 is 19.0 Å². The maximum absolute atomic E-state index is 14.3. The summed E-state index contributed by atoms with van der Waals surface area (Å²) in [7, 11) is 0. The SMILES string of the molecule is CCOC(=O)CC(C)(O)c1ccc(-c2ccccc2)c(F)c1. The molecule has 0 aromatic heterocycles. The van der Waals surface area contributed by atoms with Crippen LogP contribution >= 0.6 is 0 Å². The van der Waals surface area contributed by atoms with Crippen molar-refractivity contribution in [2.45, 2.75) is 25.9 Å². The average Bonchev–Trinajstić information content (AvgIpc) is 2.47. The molecule has 2 rings (SSSR count). The summed E-state index contributed by atoms with van der Waals surface area (Å²) in [6.07, 6.45) is -0.217. The van der Waals surface area contributed by atoms with E-state index in [4.69, 9.17) is 4.74 Å². The number of hydrogen-bond donors (Lipinski definition) is 1. The normalized spacial score (nSPS) is 13.5. The third kappa shape index (κ3) is 3.71. The van der Waals surface area contributed by atoms with Crippen LogP contribution < -0.4 is 0 Å². The van der Waals surface area contributed by atoms with E-state index in [0.29, 0.717) is 11.1 Å². The second-order valence-corrected chi connectivity index (χ2v) is 5.32. The topological polar surface area (TPSA) is 46.5 Å². The molecule has 0 spiro atoms. The van der Waals surface area contributed by atoms with Crippen LogP contribution in [0, 0.1) is 5.82 Å². The zero-order chi connectivity index (χ0) is 16.2. The zero-order valence-corrected chi connectivity index (χ0v) is 12.7. The van der Waals surface area contributed by atoms with Gasteiger partial charge in [0.05, 0.1) is 18.6 Å². The molecular weight excluding hydrogens is 283 g/mol. The molecule has 0 heterocycles. The van der Waals surface area contributed by atoms with Gasteiger partial charge >= 0.3 is 5.97 Å². The highest BCUT2D eigenvalue weighted by Gasteiger charge is 2.28. The first-order valence-corrected chi connectivity index (χ1v) is 7.17. The van der Waals surface area contributed by atoms with Crippen molar-refractivity contribution in [2.75, 3.05) is 6.61 Å². The Balaban J connectivity index is 2.27. The van der Waals surface area contributed by atoms with Crippen LogP contribution in [0.25, 0.3) is 11.1 Å². The highest BCUT2D eigenvalue weighted by molar-refractivity contribution is 5.71. The van der Waals surface area contributed by atoms with Gasteiger partial charge in [-0.1, -0.05) is 42.5 Å². The quantitative estimate of drug-likeness (QED) is 0.858. The largest absolute Gasteiger partial charge is 0.466 e. The molecule has 0 aliphatic rings. The molecule has 2 aromatic carbocycles. The van der Waals surface area contributed by atoms with E-state index in [2.05, 4.69) is 0 Å². The van der Waals surface area contributed by atoms with E-state index in [9.17, 15) is 14.3 Å². The molecule has 1 N–H and O–H groups in total. The predicted octanol–water partition coefficient (Wildman–Crippen LogP) is 3.65. The molecule has 22 heavy (non-hydrogen) atoms. The minimum absolute atomic E-state index is 0.217. The van der Waals surface area contributed by atoms with Gasteiger partial charge in [0.15, 0.2) is 0 Å². The molecule has 116 valence electrons. The Bertz CT molecular complexity index is 651. The Labute approximate surface area is 129 Å². The minimum Gasteiger partial charge on any atom is -0.466 e. The summed E-state index contributed by atoms with van der Waals surface area (Å²) >= 11 is 0. The molecule has 0 radical (unpaired) electrons. The smallest absolute Gasteiger partial charge is 0.309 e. The number of hydrogen-bond acceptors (Lipinski definition) is 3. The van der Waals surface area contributed by atoms with Gasteiger partial charge in [-0.2, -0.15) is 0 Å². The van der Waals surface area contributed by atoms with E-state index in [-0.39, 0.29) is 13.0 Å². The number of ether oxygens (including phenoxy) is 1. The van der Waals surface area contributed by atoms with Crippen molar-refractivity contribution in [3.05, 3.63) is 59.9 Å². The van der Waals surface area contributed by atoms with Crippen LogP contribution in [0.4, 0.5) is 4.39 Å². The number of carbonyl (C=O) groups excluding carboxylic acids is 1. The lowest BCUT2D eigenvalue weighted by molar-refractivity contribution is -0.148. The summed E-state index contributed by atoms with van der Waals surface area (Å²) in [6, 6.07) is 13.7. The van der Waals surface area contributed by atoms with Gasteiger partial charge in [-0.3, -0.25) is 4.79 Å². The maximum atomic E-state index is 14.3. The Morgan fingerprint density at radius 1 is 1.23 bits per heavy atom. The number of benzene rings is 2. The summed E-state index contributed by atoms with van der Waals surface area (Å²) in [5, 5.41) is 10.4. The average molecular weight is 302 g/mol. The second kappa shape index (κ2) is 6.71. The van der Waals surface area contributed by atoms with Crippen LogP contribution in [0.5, 0.6) is 0 Å². The second-order valence-electron chi connectivity index (χ2n) is 5.32. The van der Waals surface area contributed by atoms with E-state index < -0.39 is 17.4 Å². The first-order valence-electron chi connectivity index (χ1n) is 7.17. The van der Waals surface area contributed by atoms with Crippen molar-refractivity contribution in [3.8, 4) is 11.1 Å². The van der Waals surface area contributed by atoms with Gasteiger partial charge < -0.3 is 9.84 Å². The Morgan fingerprint density at radius 3 is 2.50 bits per heavy atom. The lowest BCUT2D eigenvalue weighted by Gasteiger charge is -2.23. The Hall–Kier alpha value is -2.20. The summed E-state index contributed by atoms with van der Waals surface area (Å²) in [5.74, 6) is -0.951. The Kier molecular flexibility index (Phi) is 4.93. The fourth-order valence-corrected chi connectivity index (χ4v) is 2.30. The fraction of sp³-hybridized carbons (Fsp3) is 0.278. The lowest BCUT2D eigenvalue weighted by atomic mass is 9.90. The van der Waals surface area contributed by atoms with Crippen LogP contribution in [0.2, 0.25) is 0 Å². The monoisotopic (exact) mass is 302 g/mol. The van der Waals surface area contributed by atoms with Gasteiger partial charge in [-0.05, 0) is 31.0 Å². The van der Waals surface area contributed by atoms with Crippen LogP contribution in [0.3, 0.4) is 0 Å². The highest BCUT2D eigenvalue weighted by atomic mass is 19.1. The Morgan fingerprint density at radius 2 is 1.91 bits per heavy atom. The van der Waals surface area contributed by atoms with Gasteiger partial charge in [-0.25, -0.2) is 4.39 Å². The van der Waals surface area contributed by atoms with E-state index in [0.717, 1.165) is 5.56 Å². The lowest BCUT2D eigenvalue weighted by Crippen LogP contribution is -2.26. The molecule has 1 unspecified atom stereocenters. The summed E-state index contributed by atoms with van der Waals surface area (Å²) in [4.78, 5) is 11.5. The van der Waals surface area contributed by atoms with Crippen LogP contribution in [-0.4, -0.2) is 17.7 Å². The van der Waals surface area contributed by atoms with E-state index in [1.54, 1.807) is 19.1 Å². The van der Waals surface area contributed by atoms with E-state index in [1.165, 1.54) is 13.0 Å². The van der Waals surface area contributed by atoms with E-state index in [1.807, 2.05) is 30.3 Å². The molecule has 3 nitrogen and oxygen atoms in total. The summed E-state index contributed by atoms with van der Waals surface area (Å²) in [6.45, 7) is 3.41. The highest BCUT2D eigenvalue weighted by Crippen LogP contribution is 2.30. The predicted molar refractivity (Wildman–Crippen MR) is 82.7 cm³/mol. The number of aliphatic hydroxyl groups is 1. The first kappa shape index (κ1) is 16.2. The third-order valence-corrected chi connectivity index (χ3v) is 3.47. The van der Waals surface area contributed by atoms with Gasteiger partial charge in [0.25, 0.3) is 0 Å². The number of rotatable bonds is 5. The molecule has 0 bridgehead atoms. The molecule has 1 atom stereocenters. The number of esters is 1. The molecule has 0 saturated carbocycles. The molecule has 0 aliphatic heterocycles. The summed E-state index contributed by atoms with van der Waals surface area (Å²) < 4.78 is 19.2. The molecular formula is C18H19FO3. The van der Waals surface area contributed by atoms with Crippen molar-refractivity contribution in [3.63, 3.8) is 0 Å².